The lowest BCUT2D eigenvalue weighted by Gasteiger charge is -2.11. The zero-order chi connectivity index (χ0) is 17.4. The number of carbonyl (C=O) groups excluding carboxylic acids is 1. The minimum absolute atomic E-state index is 0.0585. The van der Waals surface area contributed by atoms with Crippen molar-refractivity contribution in [3.8, 4) is 0 Å². The molecule has 0 bridgehead atoms. The van der Waals surface area contributed by atoms with Crippen molar-refractivity contribution in [1.82, 2.24) is 20.1 Å². The Morgan fingerprint density at radius 3 is 2.96 bits per heavy atom. The second-order valence-electron chi connectivity index (χ2n) is 5.85. The first-order valence-electron chi connectivity index (χ1n) is 8.05. The number of nitrogens with one attached hydrogen (secondary N) is 1. The summed E-state index contributed by atoms with van der Waals surface area (Å²) in [5.41, 5.74) is 0. The molecule has 0 aliphatic heterocycles. The molecule has 2 aromatic rings. The molecule has 2 heterocycles. The van der Waals surface area contributed by atoms with Crippen molar-refractivity contribution in [2.24, 2.45) is 5.92 Å². The van der Waals surface area contributed by atoms with Gasteiger partial charge in [-0.1, -0.05) is 31.7 Å². The Morgan fingerprint density at radius 1 is 1.46 bits per heavy atom. The van der Waals surface area contributed by atoms with Crippen LogP contribution in [0.25, 0.3) is 6.08 Å². The molecular weight excluding hydrogens is 340 g/mol. The van der Waals surface area contributed by atoms with E-state index >= 15 is 0 Å². The maximum atomic E-state index is 11.8. The Morgan fingerprint density at radius 2 is 2.29 bits per heavy atom. The van der Waals surface area contributed by atoms with Gasteiger partial charge in [0.2, 0.25) is 5.91 Å². The van der Waals surface area contributed by atoms with Crippen molar-refractivity contribution in [2.45, 2.75) is 38.4 Å². The largest absolute Gasteiger partial charge is 0.353 e. The summed E-state index contributed by atoms with van der Waals surface area (Å²) in [4.78, 5) is 12.9. The van der Waals surface area contributed by atoms with Gasteiger partial charge < -0.3 is 9.88 Å². The molecule has 0 aromatic carbocycles. The predicted molar refractivity (Wildman–Crippen MR) is 101 cm³/mol. The highest BCUT2D eigenvalue weighted by Crippen LogP contribution is 2.16. The quantitative estimate of drug-likeness (QED) is 0.420. The molecule has 0 unspecified atom stereocenters. The fourth-order valence-corrected chi connectivity index (χ4v) is 3.41. The van der Waals surface area contributed by atoms with Crippen LogP contribution in [0.15, 0.2) is 28.7 Å². The first-order chi connectivity index (χ1) is 11.6. The van der Waals surface area contributed by atoms with E-state index < -0.39 is 0 Å². The van der Waals surface area contributed by atoms with Gasteiger partial charge in [-0.3, -0.25) is 4.79 Å². The van der Waals surface area contributed by atoms with Crippen molar-refractivity contribution in [3.63, 3.8) is 0 Å². The Bertz CT molecular complexity index is 662. The number of hydrogen-bond acceptors (Lipinski definition) is 5. The number of thioether (sulfide) groups is 1. The molecule has 5 nitrogen and oxygen atoms in total. The minimum atomic E-state index is -0.0585. The van der Waals surface area contributed by atoms with E-state index in [-0.39, 0.29) is 5.91 Å². The number of carbonyl (C=O) groups is 1. The van der Waals surface area contributed by atoms with Gasteiger partial charge >= 0.3 is 0 Å². The van der Waals surface area contributed by atoms with E-state index in [9.17, 15) is 4.79 Å². The Kier molecular flexibility index (Phi) is 7.52. The first kappa shape index (κ1) is 18.7. The fraction of sp³-hybridized carbons (Fsp3) is 0.471. The van der Waals surface area contributed by atoms with Gasteiger partial charge in [0.15, 0.2) is 5.16 Å². The highest BCUT2D eigenvalue weighted by molar-refractivity contribution is 7.98. The normalized spacial score (nSPS) is 11.5. The highest BCUT2D eigenvalue weighted by atomic mass is 32.2. The number of nitrogens with zero attached hydrogens (tertiary/aromatic N) is 3. The van der Waals surface area contributed by atoms with Gasteiger partial charge in [-0.2, -0.15) is 0 Å². The Hall–Kier alpha value is -1.60. The van der Waals surface area contributed by atoms with Crippen LogP contribution < -0.4 is 5.32 Å². The third kappa shape index (κ3) is 5.79. The summed E-state index contributed by atoms with van der Waals surface area (Å²) in [5.74, 6) is 1.49. The zero-order valence-corrected chi connectivity index (χ0v) is 16.0. The average molecular weight is 365 g/mol. The van der Waals surface area contributed by atoms with E-state index in [1.807, 2.05) is 29.8 Å². The molecule has 0 aliphatic rings. The molecule has 0 atom stereocenters. The molecule has 1 N–H and O–H groups in total. The van der Waals surface area contributed by atoms with Crippen molar-refractivity contribution in [3.05, 3.63) is 34.3 Å². The van der Waals surface area contributed by atoms with Crippen LogP contribution in [-0.2, 0) is 17.8 Å². The van der Waals surface area contributed by atoms with Crippen molar-refractivity contribution in [1.29, 1.82) is 0 Å². The van der Waals surface area contributed by atoms with Gasteiger partial charge in [-0.05, 0) is 36.1 Å². The summed E-state index contributed by atoms with van der Waals surface area (Å²) >= 11 is 3.23. The van der Waals surface area contributed by atoms with Gasteiger partial charge in [-0.15, -0.1) is 21.5 Å². The number of amides is 1. The number of rotatable bonds is 9. The zero-order valence-electron chi connectivity index (χ0n) is 14.4. The van der Waals surface area contributed by atoms with Crippen LogP contribution in [0.3, 0.4) is 0 Å². The number of aryl methyl sites for hydroxylation is 1. The molecule has 0 fully saturated rings. The van der Waals surface area contributed by atoms with E-state index in [1.54, 1.807) is 29.2 Å². The van der Waals surface area contributed by atoms with Gasteiger partial charge in [0, 0.05) is 30.5 Å². The smallest absolute Gasteiger partial charge is 0.244 e. The molecule has 0 saturated heterocycles. The molecule has 2 aromatic heterocycles. The lowest BCUT2D eigenvalue weighted by molar-refractivity contribution is -0.116. The minimum Gasteiger partial charge on any atom is -0.353 e. The van der Waals surface area contributed by atoms with Crippen LogP contribution in [0, 0.1) is 5.92 Å². The molecule has 2 rings (SSSR count). The monoisotopic (exact) mass is 364 g/mol. The van der Waals surface area contributed by atoms with Crippen LogP contribution in [-0.4, -0.2) is 33.5 Å². The van der Waals surface area contributed by atoms with Gasteiger partial charge in [0.25, 0.3) is 0 Å². The molecule has 24 heavy (non-hydrogen) atoms. The molecule has 1 amide bonds. The fourth-order valence-electron chi connectivity index (χ4n) is 2.26. The lowest BCUT2D eigenvalue weighted by atomic mass is 10.2. The third-order valence-electron chi connectivity index (χ3n) is 3.34. The molecule has 0 saturated carbocycles. The average Bonchev–Trinajstić information content (AvgIpc) is 3.19. The Balaban J connectivity index is 1.78. The first-order valence-corrected chi connectivity index (χ1v) is 10.2. The maximum Gasteiger partial charge on any atom is 0.244 e. The summed E-state index contributed by atoms with van der Waals surface area (Å²) in [6.45, 7) is 5.94. The highest BCUT2D eigenvalue weighted by Gasteiger charge is 2.12. The van der Waals surface area contributed by atoms with Crippen LogP contribution in [0.1, 0.15) is 31.0 Å². The number of aromatic nitrogens is 3. The number of thiophene rings is 1. The SMILES string of the molecule is CSc1nnc(CCCNC(=O)/C=C/c2cccs2)n1CC(C)C. The summed E-state index contributed by atoms with van der Waals surface area (Å²) in [5, 5.41) is 14.4. The second kappa shape index (κ2) is 9.64. The molecule has 0 radical (unpaired) electrons. The number of hydrogen-bond donors (Lipinski definition) is 1. The maximum absolute atomic E-state index is 11.8. The van der Waals surface area contributed by atoms with Crippen LogP contribution in [0.2, 0.25) is 0 Å². The second-order valence-corrected chi connectivity index (χ2v) is 7.60. The lowest BCUT2D eigenvalue weighted by Crippen LogP contribution is -2.23. The molecule has 0 spiro atoms. The summed E-state index contributed by atoms with van der Waals surface area (Å²) in [6, 6.07) is 3.96. The van der Waals surface area contributed by atoms with E-state index in [0.717, 1.165) is 35.2 Å². The Labute approximate surface area is 151 Å². The van der Waals surface area contributed by atoms with Gasteiger partial charge in [0.05, 0.1) is 0 Å². The van der Waals surface area contributed by atoms with Crippen LogP contribution >= 0.6 is 23.1 Å². The van der Waals surface area contributed by atoms with E-state index in [4.69, 9.17) is 0 Å². The van der Waals surface area contributed by atoms with Gasteiger partial charge in [0.1, 0.15) is 5.82 Å². The molecule has 7 heteroatoms. The molecule has 0 aliphatic carbocycles. The van der Waals surface area contributed by atoms with Crippen molar-refractivity contribution >= 4 is 35.1 Å². The van der Waals surface area contributed by atoms with Crippen LogP contribution in [0.5, 0.6) is 0 Å². The van der Waals surface area contributed by atoms with E-state index in [2.05, 4.69) is 33.9 Å². The van der Waals surface area contributed by atoms with E-state index in [1.165, 1.54) is 0 Å². The van der Waals surface area contributed by atoms with Crippen molar-refractivity contribution < 1.29 is 4.79 Å². The standard InChI is InChI=1S/C17H24N4OS2/c1-13(2)12-21-15(19-20-17(21)23-3)7-4-10-18-16(22)9-8-14-6-5-11-24-14/h5-6,8-9,11,13H,4,7,10,12H2,1-3H3,(H,18,22)/b9-8+. The summed E-state index contributed by atoms with van der Waals surface area (Å²) in [6.07, 6.45) is 7.10. The van der Waals surface area contributed by atoms with Crippen molar-refractivity contribution in [2.75, 3.05) is 12.8 Å². The van der Waals surface area contributed by atoms with Gasteiger partial charge in [-0.25, -0.2) is 0 Å². The summed E-state index contributed by atoms with van der Waals surface area (Å²) in [7, 11) is 0. The predicted octanol–water partition coefficient (Wildman–Crippen LogP) is 3.48. The topological polar surface area (TPSA) is 59.8 Å². The van der Waals surface area contributed by atoms with Crippen LogP contribution in [0.4, 0.5) is 0 Å². The summed E-state index contributed by atoms with van der Waals surface area (Å²) < 4.78 is 2.19. The molecule has 130 valence electrons. The third-order valence-corrected chi connectivity index (χ3v) is 4.85. The molecular formula is C17H24N4OS2. The van der Waals surface area contributed by atoms with E-state index in [0.29, 0.717) is 12.5 Å².